The van der Waals surface area contributed by atoms with Crippen LogP contribution in [-0.4, -0.2) is 41.7 Å². The molecule has 2 aromatic carbocycles. The van der Waals surface area contributed by atoms with E-state index in [0.717, 1.165) is 5.56 Å². The number of rotatable bonds is 5. The first kappa shape index (κ1) is 19.0. The number of carbonyl (C=O) groups is 1. The van der Waals surface area contributed by atoms with Crippen molar-refractivity contribution in [2.24, 2.45) is 0 Å². The van der Waals surface area contributed by atoms with Crippen LogP contribution in [0.25, 0.3) is 0 Å². The summed E-state index contributed by atoms with van der Waals surface area (Å²) in [5.74, 6) is -0.313. The lowest BCUT2D eigenvalue weighted by Gasteiger charge is -2.28. The normalized spacial score (nSPS) is 18.2. The van der Waals surface area contributed by atoms with Crippen LogP contribution in [0.15, 0.2) is 48.5 Å². The monoisotopic (exact) mass is 388 g/mol. The molecule has 1 aliphatic heterocycles. The van der Waals surface area contributed by atoms with Gasteiger partial charge in [0.25, 0.3) is 11.6 Å². The molecule has 0 spiro atoms. The van der Waals surface area contributed by atoms with Crippen LogP contribution in [0.3, 0.4) is 0 Å². The van der Waals surface area contributed by atoms with Gasteiger partial charge in [-0.1, -0.05) is 30.3 Å². The van der Waals surface area contributed by atoms with E-state index in [9.17, 15) is 23.3 Å². The highest BCUT2D eigenvalue weighted by Crippen LogP contribution is 2.25. The van der Waals surface area contributed by atoms with Crippen molar-refractivity contribution < 1.29 is 18.1 Å². The van der Waals surface area contributed by atoms with E-state index in [-0.39, 0.29) is 29.6 Å². The second-order valence-corrected chi connectivity index (χ2v) is 8.96. The van der Waals surface area contributed by atoms with Crippen molar-refractivity contribution >= 4 is 21.4 Å². The average molecular weight is 388 g/mol. The molecule has 1 aliphatic rings. The van der Waals surface area contributed by atoms with Gasteiger partial charge in [0.1, 0.15) is 0 Å². The predicted octanol–water partition coefficient (Wildman–Crippen LogP) is 2.73. The number of nitrogens with zero attached hydrogens (tertiary/aromatic N) is 2. The molecule has 8 heteroatoms. The standard InChI is InChI=1S/C19H20N2O5S/c1-14-11-16(7-8-18(14)21(23)24)19(22)20(12-15-5-3-2-4-6-15)17-9-10-27(25,26)13-17/h2-8,11,17H,9-10,12-13H2,1H3/t17-/m0/s1. The maximum absolute atomic E-state index is 13.1. The van der Waals surface area contributed by atoms with Crippen LogP contribution in [0.5, 0.6) is 0 Å². The summed E-state index contributed by atoms with van der Waals surface area (Å²) in [6.45, 7) is 1.87. The van der Waals surface area contributed by atoms with Gasteiger partial charge in [-0.2, -0.15) is 0 Å². The van der Waals surface area contributed by atoms with E-state index in [2.05, 4.69) is 0 Å². The first-order chi connectivity index (χ1) is 12.8. The highest BCUT2D eigenvalue weighted by molar-refractivity contribution is 7.91. The number of nitro benzene ring substituents is 1. The molecule has 1 amide bonds. The second-order valence-electron chi connectivity index (χ2n) is 6.73. The van der Waals surface area contributed by atoms with Gasteiger partial charge in [0.2, 0.25) is 0 Å². The minimum absolute atomic E-state index is 0.0513. The van der Waals surface area contributed by atoms with Gasteiger partial charge in [-0.3, -0.25) is 14.9 Å². The highest BCUT2D eigenvalue weighted by Gasteiger charge is 2.35. The minimum Gasteiger partial charge on any atom is -0.330 e. The highest BCUT2D eigenvalue weighted by atomic mass is 32.2. The Morgan fingerprint density at radius 2 is 1.93 bits per heavy atom. The lowest BCUT2D eigenvalue weighted by Crippen LogP contribution is -2.40. The number of carbonyl (C=O) groups excluding carboxylic acids is 1. The molecule has 0 radical (unpaired) electrons. The van der Waals surface area contributed by atoms with E-state index >= 15 is 0 Å². The Morgan fingerprint density at radius 1 is 1.22 bits per heavy atom. The quantitative estimate of drug-likeness (QED) is 0.579. The van der Waals surface area contributed by atoms with E-state index in [0.29, 0.717) is 17.5 Å². The number of benzene rings is 2. The fourth-order valence-electron chi connectivity index (χ4n) is 3.33. The van der Waals surface area contributed by atoms with Gasteiger partial charge in [-0.15, -0.1) is 0 Å². The van der Waals surface area contributed by atoms with Crippen molar-refractivity contribution in [3.8, 4) is 0 Å². The van der Waals surface area contributed by atoms with E-state index in [4.69, 9.17) is 0 Å². The molecular weight excluding hydrogens is 368 g/mol. The summed E-state index contributed by atoms with van der Waals surface area (Å²) >= 11 is 0. The van der Waals surface area contributed by atoms with Gasteiger partial charge in [0, 0.05) is 29.8 Å². The number of nitro groups is 1. The average Bonchev–Trinajstić information content (AvgIpc) is 2.99. The van der Waals surface area contributed by atoms with Crippen molar-refractivity contribution in [1.82, 2.24) is 4.90 Å². The Hall–Kier alpha value is -2.74. The molecule has 1 fully saturated rings. The Bertz CT molecular complexity index is 973. The van der Waals surface area contributed by atoms with Gasteiger partial charge in [0.05, 0.1) is 16.4 Å². The third-order valence-electron chi connectivity index (χ3n) is 4.75. The topological polar surface area (TPSA) is 97.6 Å². The van der Waals surface area contributed by atoms with E-state index in [1.165, 1.54) is 18.2 Å². The fourth-order valence-corrected chi connectivity index (χ4v) is 5.06. The van der Waals surface area contributed by atoms with Gasteiger partial charge < -0.3 is 4.90 Å². The van der Waals surface area contributed by atoms with Gasteiger partial charge >= 0.3 is 0 Å². The summed E-state index contributed by atoms with van der Waals surface area (Å²) in [5, 5.41) is 11.0. The van der Waals surface area contributed by atoms with Crippen LogP contribution >= 0.6 is 0 Å². The molecule has 1 atom stereocenters. The molecule has 0 N–H and O–H groups in total. The summed E-state index contributed by atoms with van der Waals surface area (Å²) < 4.78 is 23.8. The van der Waals surface area contributed by atoms with Crippen LogP contribution in [0, 0.1) is 17.0 Å². The number of amides is 1. The third kappa shape index (κ3) is 4.33. The Morgan fingerprint density at radius 3 is 2.48 bits per heavy atom. The second kappa shape index (κ2) is 7.48. The largest absolute Gasteiger partial charge is 0.330 e. The molecule has 0 unspecified atom stereocenters. The van der Waals surface area contributed by atoms with Gasteiger partial charge in [-0.25, -0.2) is 8.42 Å². The van der Waals surface area contributed by atoms with Crippen LogP contribution < -0.4 is 0 Å². The molecule has 1 heterocycles. The van der Waals surface area contributed by atoms with Crippen molar-refractivity contribution in [2.75, 3.05) is 11.5 Å². The fraction of sp³-hybridized carbons (Fsp3) is 0.316. The van der Waals surface area contributed by atoms with Crippen LogP contribution in [-0.2, 0) is 16.4 Å². The minimum atomic E-state index is -3.16. The van der Waals surface area contributed by atoms with Crippen LogP contribution in [0.1, 0.15) is 27.9 Å². The van der Waals surface area contributed by atoms with Gasteiger partial charge in [0.15, 0.2) is 9.84 Å². The molecule has 7 nitrogen and oxygen atoms in total. The van der Waals surface area contributed by atoms with Gasteiger partial charge in [-0.05, 0) is 31.0 Å². The Kier molecular flexibility index (Phi) is 5.27. The molecule has 0 bridgehead atoms. The van der Waals surface area contributed by atoms with E-state index in [1.807, 2.05) is 30.3 Å². The Labute approximate surface area is 157 Å². The number of sulfone groups is 1. The maximum atomic E-state index is 13.1. The molecule has 0 aromatic heterocycles. The van der Waals surface area contributed by atoms with Crippen LogP contribution in [0.2, 0.25) is 0 Å². The zero-order chi connectivity index (χ0) is 19.6. The summed E-state index contributed by atoms with van der Waals surface area (Å²) in [4.78, 5) is 25.2. The first-order valence-corrected chi connectivity index (χ1v) is 10.4. The lowest BCUT2D eigenvalue weighted by atomic mass is 10.1. The zero-order valence-electron chi connectivity index (χ0n) is 14.9. The molecule has 0 saturated carbocycles. The molecule has 27 heavy (non-hydrogen) atoms. The zero-order valence-corrected chi connectivity index (χ0v) is 15.7. The third-order valence-corrected chi connectivity index (χ3v) is 6.50. The number of aryl methyl sites for hydroxylation is 1. The molecule has 1 saturated heterocycles. The molecule has 3 rings (SSSR count). The maximum Gasteiger partial charge on any atom is 0.272 e. The first-order valence-electron chi connectivity index (χ1n) is 8.57. The number of hydrogen-bond acceptors (Lipinski definition) is 5. The summed E-state index contributed by atoms with van der Waals surface area (Å²) in [7, 11) is -3.16. The smallest absolute Gasteiger partial charge is 0.272 e. The molecule has 2 aromatic rings. The van der Waals surface area contributed by atoms with Crippen molar-refractivity contribution in [2.45, 2.75) is 25.9 Å². The van der Waals surface area contributed by atoms with E-state index in [1.54, 1.807) is 11.8 Å². The molecule has 142 valence electrons. The van der Waals surface area contributed by atoms with Crippen LogP contribution in [0.4, 0.5) is 5.69 Å². The summed E-state index contributed by atoms with van der Waals surface area (Å²) in [5.41, 5.74) is 1.56. The Balaban J connectivity index is 1.93. The predicted molar refractivity (Wildman–Crippen MR) is 101 cm³/mol. The van der Waals surface area contributed by atoms with Crippen molar-refractivity contribution in [1.29, 1.82) is 0 Å². The summed E-state index contributed by atoms with van der Waals surface area (Å²) in [6, 6.07) is 13.2. The lowest BCUT2D eigenvalue weighted by molar-refractivity contribution is -0.385. The molecular formula is C19H20N2O5S. The SMILES string of the molecule is Cc1cc(C(=O)N(Cc2ccccc2)[C@H]2CCS(=O)(=O)C2)ccc1[N+](=O)[O-]. The van der Waals surface area contributed by atoms with Crippen molar-refractivity contribution in [3.63, 3.8) is 0 Å². The van der Waals surface area contributed by atoms with Crippen molar-refractivity contribution in [3.05, 3.63) is 75.3 Å². The van der Waals surface area contributed by atoms with E-state index < -0.39 is 20.8 Å². The summed E-state index contributed by atoms with van der Waals surface area (Å²) in [6.07, 6.45) is 0.396. The number of hydrogen-bond donors (Lipinski definition) is 0. The molecule has 0 aliphatic carbocycles.